The van der Waals surface area contributed by atoms with Crippen LogP contribution in [0.4, 0.5) is 0 Å². The zero-order valence-corrected chi connectivity index (χ0v) is 11.4. The Morgan fingerprint density at radius 3 is 2.50 bits per heavy atom. The van der Waals surface area contributed by atoms with Gasteiger partial charge in [0.15, 0.2) is 0 Å². The first kappa shape index (κ1) is 11.4. The number of fused-ring (bicyclic) bond motifs is 1. The minimum Gasteiger partial charge on any atom is -0.497 e. The van der Waals surface area contributed by atoms with Gasteiger partial charge in [-0.25, -0.2) is 0 Å². The van der Waals surface area contributed by atoms with Gasteiger partial charge in [0, 0.05) is 10.9 Å². The van der Waals surface area contributed by atoms with Crippen molar-refractivity contribution in [1.82, 2.24) is 0 Å². The molecule has 3 aromatic rings. The van der Waals surface area contributed by atoms with E-state index in [4.69, 9.17) is 9.15 Å². The summed E-state index contributed by atoms with van der Waals surface area (Å²) < 4.78 is 12.0. The number of benzene rings is 2. The third-order valence-corrected chi connectivity index (χ3v) is 3.50. The molecule has 0 N–H and O–H groups in total. The van der Waals surface area contributed by atoms with Crippen LogP contribution in [0.25, 0.3) is 22.3 Å². The van der Waals surface area contributed by atoms with Gasteiger partial charge in [-0.15, -0.1) is 0 Å². The third kappa shape index (κ3) is 1.91. The standard InChI is InChI=1S/C15H11BrO2/c1-17-12-7-5-10(6-8-12)14-9-11-3-2-4-13(16)15(11)18-14/h2-9H,1H3. The lowest BCUT2D eigenvalue weighted by Crippen LogP contribution is -1.81. The lowest BCUT2D eigenvalue weighted by atomic mass is 10.1. The molecule has 0 radical (unpaired) electrons. The summed E-state index contributed by atoms with van der Waals surface area (Å²) in [4.78, 5) is 0. The van der Waals surface area contributed by atoms with Gasteiger partial charge in [0.2, 0.25) is 0 Å². The molecule has 3 rings (SSSR count). The van der Waals surface area contributed by atoms with Crippen molar-refractivity contribution >= 4 is 26.9 Å². The molecular weight excluding hydrogens is 292 g/mol. The molecule has 0 aliphatic carbocycles. The molecule has 0 saturated carbocycles. The van der Waals surface area contributed by atoms with Crippen LogP contribution in [0, 0.1) is 0 Å². The molecule has 0 aliphatic rings. The predicted molar refractivity (Wildman–Crippen MR) is 75.9 cm³/mol. The van der Waals surface area contributed by atoms with Crippen molar-refractivity contribution < 1.29 is 9.15 Å². The summed E-state index contributed by atoms with van der Waals surface area (Å²) in [6.07, 6.45) is 0. The molecule has 0 amide bonds. The third-order valence-electron chi connectivity index (χ3n) is 2.87. The van der Waals surface area contributed by atoms with Crippen molar-refractivity contribution in [2.45, 2.75) is 0 Å². The van der Waals surface area contributed by atoms with Crippen LogP contribution in [0.1, 0.15) is 0 Å². The van der Waals surface area contributed by atoms with E-state index in [-0.39, 0.29) is 0 Å². The number of halogens is 1. The van der Waals surface area contributed by atoms with Crippen LogP contribution >= 0.6 is 15.9 Å². The Hall–Kier alpha value is -1.74. The van der Waals surface area contributed by atoms with E-state index in [9.17, 15) is 0 Å². The van der Waals surface area contributed by atoms with Crippen molar-refractivity contribution in [1.29, 1.82) is 0 Å². The summed E-state index contributed by atoms with van der Waals surface area (Å²) in [5.41, 5.74) is 1.92. The zero-order valence-electron chi connectivity index (χ0n) is 9.81. The van der Waals surface area contributed by atoms with Crippen LogP contribution in [0.2, 0.25) is 0 Å². The van der Waals surface area contributed by atoms with E-state index < -0.39 is 0 Å². The minimum atomic E-state index is 0.844. The molecule has 2 aromatic carbocycles. The van der Waals surface area contributed by atoms with Gasteiger partial charge in [-0.1, -0.05) is 12.1 Å². The van der Waals surface area contributed by atoms with Crippen molar-refractivity contribution in [3.8, 4) is 17.1 Å². The quantitative estimate of drug-likeness (QED) is 0.674. The Labute approximate surface area is 113 Å². The van der Waals surface area contributed by atoms with Gasteiger partial charge < -0.3 is 9.15 Å². The Morgan fingerprint density at radius 1 is 1.06 bits per heavy atom. The Kier molecular flexibility index (Phi) is 2.84. The van der Waals surface area contributed by atoms with Gasteiger partial charge >= 0.3 is 0 Å². The molecule has 90 valence electrons. The van der Waals surface area contributed by atoms with E-state index in [1.807, 2.05) is 48.5 Å². The second-order valence-corrected chi connectivity index (χ2v) is 4.85. The van der Waals surface area contributed by atoms with Gasteiger partial charge in [0.05, 0.1) is 11.6 Å². The van der Waals surface area contributed by atoms with E-state index >= 15 is 0 Å². The summed E-state index contributed by atoms with van der Waals surface area (Å²) in [6.45, 7) is 0. The first-order chi connectivity index (χ1) is 8.78. The Balaban J connectivity index is 2.10. The van der Waals surface area contributed by atoms with Crippen molar-refractivity contribution in [2.24, 2.45) is 0 Å². The second-order valence-electron chi connectivity index (χ2n) is 4.00. The van der Waals surface area contributed by atoms with E-state index in [0.29, 0.717) is 0 Å². The molecule has 18 heavy (non-hydrogen) atoms. The van der Waals surface area contributed by atoms with E-state index in [1.54, 1.807) is 7.11 Å². The van der Waals surface area contributed by atoms with Crippen molar-refractivity contribution in [3.05, 3.63) is 53.0 Å². The molecule has 0 aliphatic heterocycles. The number of rotatable bonds is 2. The molecule has 0 fully saturated rings. The average Bonchev–Trinajstić information content (AvgIpc) is 2.84. The topological polar surface area (TPSA) is 22.4 Å². The summed E-state index contributed by atoms with van der Waals surface area (Å²) in [5.74, 6) is 1.70. The van der Waals surface area contributed by atoms with E-state index in [2.05, 4.69) is 15.9 Å². The molecule has 0 atom stereocenters. The van der Waals surface area contributed by atoms with Gasteiger partial charge in [0.1, 0.15) is 17.1 Å². The molecule has 1 aromatic heterocycles. The van der Waals surface area contributed by atoms with Crippen molar-refractivity contribution in [2.75, 3.05) is 7.11 Å². The number of methoxy groups -OCH3 is 1. The smallest absolute Gasteiger partial charge is 0.148 e. The van der Waals surface area contributed by atoms with Crippen LogP contribution in [0.5, 0.6) is 5.75 Å². The first-order valence-electron chi connectivity index (χ1n) is 5.60. The molecule has 0 spiro atoms. The molecule has 0 bridgehead atoms. The maximum Gasteiger partial charge on any atom is 0.148 e. The minimum absolute atomic E-state index is 0.844. The SMILES string of the molecule is COc1ccc(-c2cc3cccc(Br)c3o2)cc1. The molecule has 0 unspecified atom stereocenters. The predicted octanol–water partition coefficient (Wildman–Crippen LogP) is 4.87. The fraction of sp³-hybridized carbons (Fsp3) is 0.0667. The molecular formula is C15H11BrO2. The highest BCUT2D eigenvalue weighted by atomic mass is 79.9. The fourth-order valence-electron chi connectivity index (χ4n) is 1.93. The number of furan rings is 1. The van der Waals surface area contributed by atoms with Gasteiger partial charge in [0.25, 0.3) is 0 Å². The second kappa shape index (κ2) is 4.50. The highest BCUT2D eigenvalue weighted by Crippen LogP contribution is 2.32. The Bertz CT molecular complexity index is 683. The highest BCUT2D eigenvalue weighted by molar-refractivity contribution is 9.10. The number of ether oxygens (including phenoxy) is 1. The summed E-state index contributed by atoms with van der Waals surface area (Å²) in [5, 5.41) is 1.09. The van der Waals surface area contributed by atoms with Crippen LogP contribution < -0.4 is 4.74 Å². The number of hydrogen-bond donors (Lipinski definition) is 0. The van der Waals surface area contributed by atoms with E-state index in [0.717, 1.165) is 32.5 Å². The maximum atomic E-state index is 5.87. The lowest BCUT2D eigenvalue weighted by Gasteiger charge is -2.00. The maximum absolute atomic E-state index is 5.87. The van der Waals surface area contributed by atoms with Crippen molar-refractivity contribution in [3.63, 3.8) is 0 Å². The average molecular weight is 303 g/mol. The van der Waals surface area contributed by atoms with Crippen LogP contribution in [-0.4, -0.2) is 7.11 Å². The summed E-state index contributed by atoms with van der Waals surface area (Å²) in [6, 6.07) is 15.9. The highest BCUT2D eigenvalue weighted by Gasteiger charge is 2.08. The van der Waals surface area contributed by atoms with E-state index in [1.165, 1.54) is 0 Å². The Morgan fingerprint density at radius 2 is 1.83 bits per heavy atom. The molecule has 2 nitrogen and oxygen atoms in total. The monoisotopic (exact) mass is 302 g/mol. The molecule has 0 saturated heterocycles. The number of para-hydroxylation sites is 1. The lowest BCUT2D eigenvalue weighted by molar-refractivity contribution is 0.415. The molecule has 3 heteroatoms. The zero-order chi connectivity index (χ0) is 12.5. The first-order valence-corrected chi connectivity index (χ1v) is 6.40. The largest absolute Gasteiger partial charge is 0.497 e. The summed E-state index contributed by atoms with van der Waals surface area (Å²) in [7, 11) is 1.66. The van der Waals surface area contributed by atoms with Gasteiger partial charge in [-0.2, -0.15) is 0 Å². The fourth-order valence-corrected chi connectivity index (χ4v) is 2.39. The van der Waals surface area contributed by atoms with Crippen LogP contribution in [0.15, 0.2) is 57.4 Å². The number of hydrogen-bond acceptors (Lipinski definition) is 2. The summed E-state index contributed by atoms with van der Waals surface area (Å²) >= 11 is 3.49. The van der Waals surface area contributed by atoms with Crippen LogP contribution in [0.3, 0.4) is 0 Å². The van der Waals surface area contributed by atoms with Gasteiger partial charge in [-0.3, -0.25) is 0 Å². The van der Waals surface area contributed by atoms with Crippen LogP contribution in [-0.2, 0) is 0 Å². The molecule has 1 heterocycles. The van der Waals surface area contributed by atoms with Gasteiger partial charge in [-0.05, 0) is 52.3 Å². The normalized spacial score (nSPS) is 10.8.